The Hall–Kier alpha value is -3.15. The van der Waals surface area contributed by atoms with E-state index in [0.717, 1.165) is 36.5 Å². The summed E-state index contributed by atoms with van der Waals surface area (Å²) in [5, 5.41) is 5.48. The fourth-order valence-electron chi connectivity index (χ4n) is 3.07. The second-order valence-electron chi connectivity index (χ2n) is 5.98. The van der Waals surface area contributed by atoms with E-state index in [1.54, 1.807) is 0 Å². The molecule has 0 bridgehead atoms. The number of carbonyl (C=O) groups excluding carboxylic acids is 1. The highest BCUT2D eigenvalue weighted by molar-refractivity contribution is 6.00. The van der Waals surface area contributed by atoms with Crippen LogP contribution < -0.4 is 10.6 Å². The van der Waals surface area contributed by atoms with Gasteiger partial charge in [-0.2, -0.15) is 0 Å². The summed E-state index contributed by atoms with van der Waals surface area (Å²) in [6.45, 7) is 0.980. The zero-order chi connectivity index (χ0) is 17.2. The van der Waals surface area contributed by atoms with Crippen molar-refractivity contribution in [1.82, 2.24) is 9.55 Å². The molecule has 3 aromatic rings. The number of urea groups is 1. The van der Waals surface area contributed by atoms with Gasteiger partial charge < -0.3 is 15.2 Å². The largest absolute Gasteiger partial charge is 0.328 e. The molecule has 0 unspecified atom stereocenters. The fourth-order valence-corrected chi connectivity index (χ4v) is 3.07. The van der Waals surface area contributed by atoms with Gasteiger partial charge in [0.05, 0.1) is 11.9 Å². The van der Waals surface area contributed by atoms with Crippen LogP contribution in [0.2, 0.25) is 0 Å². The molecule has 0 aliphatic carbocycles. The third kappa shape index (κ3) is 3.24. The molecule has 0 saturated carbocycles. The number of hydrogen-bond acceptors (Lipinski definition) is 2. The number of aromatic nitrogens is 2. The van der Waals surface area contributed by atoms with Gasteiger partial charge in [-0.3, -0.25) is 0 Å². The number of fused-ring (bicyclic) bond motifs is 1. The Labute approximate surface area is 144 Å². The average Bonchev–Trinajstić information content (AvgIpc) is 3.20. The minimum Gasteiger partial charge on any atom is -0.328 e. The highest BCUT2D eigenvalue weighted by Crippen LogP contribution is 2.27. The molecule has 4 rings (SSSR count). The van der Waals surface area contributed by atoms with Crippen LogP contribution in [0.1, 0.15) is 12.2 Å². The maximum Gasteiger partial charge on any atom is 0.323 e. The Morgan fingerprint density at radius 1 is 1.08 bits per heavy atom. The van der Waals surface area contributed by atoms with Crippen molar-refractivity contribution in [2.24, 2.45) is 0 Å². The zero-order valence-electron chi connectivity index (χ0n) is 13.5. The zero-order valence-corrected chi connectivity index (χ0v) is 13.5. The van der Waals surface area contributed by atoms with E-state index in [2.05, 4.69) is 20.2 Å². The number of rotatable bonds is 3. The number of aryl methyl sites for hydroxylation is 1. The lowest BCUT2D eigenvalue weighted by Gasteiger charge is -2.10. The summed E-state index contributed by atoms with van der Waals surface area (Å²) < 4.78 is 15.1. The number of hydrogen-bond donors (Lipinski definition) is 2. The molecule has 0 saturated heterocycles. The number of benzene rings is 2. The summed E-state index contributed by atoms with van der Waals surface area (Å²) in [6.07, 6.45) is 4.01. The van der Waals surface area contributed by atoms with Gasteiger partial charge in [-0.15, -0.1) is 0 Å². The molecule has 0 atom stereocenters. The number of halogens is 1. The summed E-state index contributed by atoms with van der Waals surface area (Å²) in [7, 11) is 0. The lowest BCUT2D eigenvalue weighted by atomic mass is 10.1. The Morgan fingerprint density at radius 3 is 2.72 bits per heavy atom. The molecule has 0 fully saturated rings. The Balaban J connectivity index is 1.49. The average molecular weight is 336 g/mol. The minimum absolute atomic E-state index is 0.341. The molecule has 1 aliphatic heterocycles. The van der Waals surface area contributed by atoms with E-state index in [0.29, 0.717) is 11.4 Å². The number of amides is 2. The fraction of sp³-hybridized carbons (Fsp3) is 0.158. The van der Waals surface area contributed by atoms with Gasteiger partial charge in [-0.05, 0) is 42.8 Å². The van der Waals surface area contributed by atoms with E-state index in [4.69, 9.17) is 0 Å². The minimum atomic E-state index is -0.373. The first-order valence-electron chi connectivity index (χ1n) is 8.17. The van der Waals surface area contributed by atoms with Crippen LogP contribution in [-0.4, -0.2) is 15.6 Å². The summed E-state index contributed by atoms with van der Waals surface area (Å²) >= 11 is 0. The lowest BCUT2D eigenvalue weighted by molar-refractivity contribution is 0.262. The first-order chi connectivity index (χ1) is 12.2. The third-order valence-electron chi connectivity index (χ3n) is 4.24. The molecule has 2 N–H and O–H groups in total. The van der Waals surface area contributed by atoms with Crippen LogP contribution in [-0.2, 0) is 13.0 Å². The van der Waals surface area contributed by atoms with Gasteiger partial charge in [0.1, 0.15) is 11.6 Å². The summed E-state index contributed by atoms with van der Waals surface area (Å²) in [5.74, 6) is 0.773. The third-order valence-corrected chi connectivity index (χ3v) is 4.24. The van der Waals surface area contributed by atoms with Crippen molar-refractivity contribution >= 4 is 17.4 Å². The molecule has 6 heteroatoms. The Bertz CT molecular complexity index is 917. The predicted octanol–water partition coefficient (Wildman–Crippen LogP) is 4.28. The predicted molar refractivity (Wildman–Crippen MR) is 95.0 cm³/mol. The molecule has 1 aliphatic rings. The molecular formula is C19H17FN4O. The normalized spacial score (nSPS) is 12.7. The van der Waals surface area contributed by atoms with E-state index in [1.807, 2.05) is 30.5 Å². The highest BCUT2D eigenvalue weighted by Gasteiger charge is 2.16. The summed E-state index contributed by atoms with van der Waals surface area (Å²) in [6, 6.07) is 12.9. The number of anilines is 2. The molecule has 2 heterocycles. The van der Waals surface area contributed by atoms with Crippen LogP contribution in [0.5, 0.6) is 0 Å². The molecule has 25 heavy (non-hydrogen) atoms. The van der Waals surface area contributed by atoms with Crippen LogP contribution in [0.15, 0.2) is 54.7 Å². The van der Waals surface area contributed by atoms with Gasteiger partial charge in [0.25, 0.3) is 0 Å². The van der Waals surface area contributed by atoms with Crippen LogP contribution in [0.25, 0.3) is 11.3 Å². The molecule has 0 spiro atoms. The second kappa shape index (κ2) is 6.39. The van der Waals surface area contributed by atoms with Crippen LogP contribution >= 0.6 is 0 Å². The standard InChI is InChI=1S/C19H17FN4O/c20-14-6-8-15(9-7-14)22-19(25)23-16-4-1-3-13(11-16)17-12-21-18-5-2-10-24(17)18/h1,3-4,6-9,11-12H,2,5,10H2,(H2,22,23,25). The topological polar surface area (TPSA) is 59.0 Å². The monoisotopic (exact) mass is 336 g/mol. The van der Waals surface area contributed by atoms with Crippen molar-refractivity contribution in [1.29, 1.82) is 0 Å². The second-order valence-corrected chi connectivity index (χ2v) is 5.98. The van der Waals surface area contributed by atoms with Crippen molar-refractivity contribution in [3.63, 3.8) is 0 Å². The Morgan fingerprint density at radius 2 is 1.88 bits per heavy atom. The van der Waals surface area contributed by atoms with Crippen molar-refractivity contribution in [3.8, 4) is 11.3 Å². The molecule has 1 aromatic heterocycles. The van der Waals surface area contributed by atoms with Crippen molar-refractivity contribution in [2.75, 3.05) is 10.6 Å². The van der Waals surface area contributed by atoms with Crippen molar-refractivity contribution in [3.05, 3.63) is 66.4 Å². The van der Waals surface area contributed by atoms with E-state index in [-0.39, 0.29) is 11.8 Å². The van der Waals surface area contributed by atoms with Gasteiger partial charge in [-0.25, -0.2) is 14.2 Å². The maximum absolute atomic E-state index is 12.9. The van der Waals surface area contributed by atoms with Crippen LogP contribution in [0.4, 0.5) is 20.6 Å². The number of carbonyl (C=O) groups is 1. The summed E-state index contributed by atoms with van der Waals surface area (Å²) in [5.41, 5.74) is 3.30. The highest BCUT2D eigenvalue weighted by atomic mass is 19.1. The first-order valence-corrected chi connectivity index (χ1v) is 8.17. The van der Waals surface area contributed by atoms with Gasteiger partial charge in [-0.1, -0.05) is 12.1 Å². The molecule has 5 nitrogen and oxygen atoms in total. The molecule has 2 amide bonds. The van der Waals surface area contributed by atoms with E-state index >= 15 is 0 Å². The van der Waals surface area contributed by atoms with E-state index in [9.17, 15) is 9.18 Å². The molecule has 2 aromatic carbocycles. The van der Waals surface area contributed by atoms with Crippen molar-refractivity contribution in [2.45, 2.75) is 19.4 Å². The number of nitrogens with one attached hydrogen (secondary N) is 2. The molecule has 126 valence electrons. The van der Waals surface area contributed by atoms with Crippen molar-refractivity contribution < 1.29 is 9.18 Å². The van der Waals surface area contributed by atoms with Crippen LogP contribution in [0.3, 0.4) is 0 Å². The Kier molecular flexibility index (Phi) is 3.93. The van der Waals surface area contributed by atoms with Gasteiger partial charge in [0.2, 0.25) is 0 Å². The number of imidazole rings is 1. The van der Waals surface area contributed by atoms with Gasteiger partial charge >= 0.3 is 6.03 Å². The van der Waals surface area contributed by atoms with E-state index < -0.39 is 0 Å². The maximum atomic E-state index is 12.9. The van der Waals surface area contributed by atoms with E-state index in [1.165, 1.54) is 24.3 Å². The smallest absolute Gasteiger partial charge is 0.323 e. The summed E-state index contributed by atoms with van der Waals surface area (Å²) in [4.78, 5) is 16.6. The van der Waals surface area contributed by atoms with Gasteiger partial charge in [0, 0.05) is 29.9 Å². The molecule has 0 radical (unpaired) electrons. The number of nitrogens with zero attached hydrogens (tertiary/aromatic N) is 2. The van der Waals surface area contributed by atoms with Gasteiger partial charge in [0.15, 0.2) is 0 Å². The molecular weight excluding hydrogens is 319 g/mol. The van der Waals surface area contributed by atoms with Crippen LogP contribution in [0, 0.1) is 5.82 Å². The quantitative estimate of drug-likeness (QED) is 0.750. The SMILES string of the molecule is O=C(Nc1ccc(F)cc1)Nc1cccc(-c2cnc3n2CCC3)c1. The lowest BCUT2D eigenvalue weighted by Crippen LogP contribution is -2.19. The first kappa shape index (κ1) is 15.4.